The molecule has 0 saturated heterocycles. The van der Waals surface area contributed by atoms with Crippen LogP contribution in [-0.4, -0.2) is 35.1 Å². The van der Waals surface area contributed by atoms with Gasteiger partial charge in [0.05, 0.1) is 11.6 Å². The lowest BCUT2D eigenvalue weighted by atomic mass is 10.1. The van der Waals surface area contributed by atoms with Gasteiger partial charge < -0.3 is 15.3 Å². The van der Waals surface area contributed by atoms with Gasteiger partial charge in [0.25, 0.3) is 0 Å². The van der Waals surface area contributed by atoms with Crippen molar-refractivity contribution < 1.29 is 14.7 Å². The second kappa shape index (κ2) is 7.90. The van der Waals surface area contributed by atoms with Crippen LogP contribution in [0.4, 0.5) is 4.79 Å². The molecule has 0 heterocycles. The van der Waals surface area contributed by atoms with Crippen LogP contribution in [0.2, 0.25) is 0 Å². The predicted molar refractivity (Wildman–Crippen MR) is 77.4 cm³/mol. The molecule has 0 spiro atoms. The van der Waals surface area contributed by atoms with Crippen LogP contribution in [0, 0.1) is 17.2 Å². The van der Waals surface area contributed by atoms with E-state index in [0.29, 0.717) is 18.7 Å². The monoisotopic (exact) mass is 289 g/mol. The van der Waals surface area contributed by atoms with Gasteiger partial charge in [-0.2, -0.15) is 5.26 Å². The number of carbonyl (C=O) groups is 2. The molecule has 1 aromatic carbocycles. The molecule has 21 heavy (non-hydrogen) atoms. The standard InChI is InChI=1S/C15H19N3O3/c1-11(2)9-18(10-14(19)20)15(21)17-8-13-5-3-12(7-16)4-6-13/h3-6,11H,8-10H2,1-2H3,(H,17,21)(H,19,20). The third-order valence-corrected chi connectivity index (χ3v) is 2.73. The van der Waals surface area contributed by atoms with Crippen LogP contribution < -0.4 is 5.32 Å². The number of urea groups is 1. The van der Waals surface area contributed by atoms with Gasteiger partial charge in [-0.25, -0.2) is 4.79 Å². The summed E-state index contributed by atoms with van der Waals surface area (Å²) < 4.78 is 0. The lowest BCUT2D eigenvalue weighted by Gasteiger charge is -2.23. The molecule has 0 radical (unpaired) electrons. The molecule has 6 heteroatoms. The largest absolute Gasteiger partial charge is 0.480 e. The average Bonchev–Trinajstić information content (AvgIpc) is 2.43. The molecule has 0 aromatic heterocycles. The van der Waals surface area contributed by atoms with E-state index in [9.17, 15) is 9.59 Å². The van der Waals surface area contributed by atoms with E-state index in [-0.39, 0.29) is 12.5 Å². The van der Waals surface area contributed by atoms with Gasteiger partial charge in [-0.05, 0) is 23.6 Å². The van der Waals surface area contributed by atoms with E-state index in [0.717, 1.165) is 5.56 Å². The van der Waals surface area contributed by atoms with Crippen LogP contribution >= 0.6 is 0 Å². The van der Waals surface area contributed by atoms with E-state index < -0.39 is 12.0 Å². The Balaban J connectivity index is 2.59. The van der Waals surface area contributed by atoms with Crippen LogP contribution in [0.1, 0.15) is 25.0 Å². The topological polar surface area (TPSA) is 93.4 Å². The number of nitrogens with one attached hydrogen (secondary N) is 1. The minimum atomic E-state index is -1.04. The minimum Gasteiger partial charge on any atom is -0.480 e. The molecule has 2 amide bonds. The summed E-state index contributed by atoms with van der Waals surface area (Å²) >= 11 is 0. The summed E-state index contributed by atoms with van der Waals surface area (Å²) in [5.74, 6) is -0.853. The highest BCUT2D eigenvalue weighted by Gasteiger charge is 2.17. The summed E-state index contributed by atoms with van der Waals surface area (Å²) in [6.45, 7) is 4.19. The summed E-state index contributed by atoms with van der Waals surface area (Å²) in [7, 11) is 0. The fraction of sp³-hybridized carbons (Fsp3) is 0.400. The number of nitriles is 1. The maximum atomic E-state index is 12.0. The van der Waals surface area contributed by atoms with Crippen LogP contribution in [-0.2, 0) is 11.3 Å². The quantitative estimate of drug-likeness (QED) is 0.835. The molecular formula is C15H19N3O3. The fourth-order valence-electron chi connectivity index (χ4n) is 1.81. The third kappa shape index (κ3) is 5.95. The van der Waals surface area contributed by atoms with Crippen molar-refractivity contribution in [2.75, 3.05) is 13.1 Å². The molecule has 0 atom stereocenters. The summed E-state index contributed by atoms with van der Waals surface area (Å²) in [6, 6.07) is 8.46. The van der Waals surface area contributed by atoms with Crippen LogP contribution in [0.3, 0.4) is 0 Å². The summed E-state index contributed by atoms with van der Waals surface area (Å²) in [5, 5.41) is 20.2. The maximum absolute atomic E-state index is 12.0. The highest BCUT2D eigenvalue weighted by atomic mass is 16.4. The Hall–Kier alpha value is -2.55. The molecule has 2 N–H and O–H groups in total. The average molecular weight is 289 g/mol. The summed E-state index contributed by atoms with van der Waals surface area (Å²) in [4.78, 5) is 24.1. The van der Waals surface area contributed by atoms with Crippen molar-refractivity contribution in [3.63, 3.8) is 0 Å². The lowest BCUT2D eigenvalue weighted by molar-refractivity contribution is -0.137. The molecule has 0 bridgehead atoms. The molecule has 0 aliphatic carbocycles. The van der Waals surface area contributed by atoms with Gasteiger partial charge in [0.2, 0.25) is 0 Å². The van der Waals surface area contributed by atoms with Crippen molar-refractivity contribution in [3.05, 3.63) is 35.4 Å². The van der Waals surface area contributed by atoms with E-state index in [2.05, 4.69) is 5.32 Å². The highest BCUT2D eigenvalue weighted by molar-refractivity contribution is 5.80. The number of amides is 2. The Labute approximate surface area is 124 Å². The zero-order chi connectivity index (χ0) is 15.8. The van der Waals surface area contributed by atoms with E-state index in [1.54, 1.807) is 24.3 Å². The molecule has 1 rings (SSSR count). The van der Waals surface area contributed by atoms with Crippen molar-refractivity contribution >= 4 is 12.0 Å². The Bertz CT molecular complexity index is 532. The molecule has 0 saturated carbocycles. The molecule has 0 aliphatic rings. The van der Waals surface area contributed by atoms with Crippen molar-refractivity contribution in [2.24, 2.45) is 5.92 Å². The smallest absolute Gasteiger partial charge is 0.323 e. The molecular weight excluding hydrogens is 270 g/mol. The zero-order valence-electron chi connectivity index (χ0n) is 12.2. The van der Waals surface area contributed by atoms with Gasteiger partial charge in [-0.1, -0.05) is 26.0 Å². The predicted octanol–water partition coefficient (Wildman–Crippen LogP) is 1.81. The van der Waals surface area contributed by atoms with Crippen LogP contribution in [0.25, 0.3) is 0 Å². The Morgan fingerprint density at radius 3 is 2.43 bits per heavy atom. The highest BCUT2D eigenvalue weighted by Crippen LogP contribution is 2.04. The molecule has 112 valence electrons. The van der Waals surface area contributed by atoms with E-state index in [4.69, 9.17) is 10.4 Å². The summed E-state index contributed by atoms with van der Waals surface area (Å²) in [6.07, 6.45) is 0. The van der Waals surface area contributed by atoms with Crippen molar-refractivity contribution in [3.8, 4) is 6.07 Å². The van der Waals surface area contributed by atoms with E-state index in [1.165, 1.54) is 4.90 Å². The van der Waals surface area contributed by atoms with Gasteiger partial charge in [-0.15, -0.1) is 0 Å². The van der Waals surface area contributed by atoms with Crippen molar-refractivity contribution in [2.45, 2.75) is 20.4 Å². The number of nitrogens with zero attached hydrogens (tertiary/aromatic N) is 2. The van der Waals surface area contributed by atoms with E-state index in [1.807, 2.05) is 19.9 Å². The van der Waals surface area contributed by atoms with Gasteiger partial charge in [-0.3, -0.25) is 4.79 Å². The second-order valence-electron chi connectivity index (χ2n) is 5.14. The number of carboxylic acids is 1. The van der Waals surface area contributed by atoms with Gasteiger partial charge in [0.1, 0.15) is 6.54 Å². The third-order valence-electron chi connectivity index (χ3n) is 2.73. The number of carboxylic acid groups (broad SMARTS) is 1. The maximum Gasteiger partial charge on any atom is 0.323 e. The Kier molecular flexibility index (Phi) is 6.21. The fourth-order valence-corrected chi connectivity index (χ4v) is 1.81. The first-order chi connectivity index (χ1) is 9.92. The number of aliphatic carboxylic acids is 1. The number of carbonyl (C=O) groups excluding carboxylic acids is 1. The molecule has 6 nitrogen and oxygen atoms in total. The zero-order valence-corrected chi connectivity index (χ0v) is 12.2. The minimum absolute atomic E-state index is 0.185. The summed E-state index contributed by atoms with van der Waals surface area (Å²) in [5.41, 5.74) is 1.40. The molecule has 0 aliphatic heterocycles. The lowest BCUT2D eigenvalue weighted by Crippen LogP contribution is -2.44. The number of rotatable bonds is 6. The SMILES string of the molecule is CC(C)CN(CC(=O)O)C(=O)NCc1ccc(C#N)cc1. The molecule has 1 aromatic rings. The normalized spacial score (nSPS) is 10.0. The van der Waals surface area contributed by atoms with Crippen LogP contribution in [0.15, 0.2) is 24.3 Å². The Morgan fingerprint density at radius 2 is 1.95 bits per heavy atom. The molecule has 0 fully saturated rings. The van der Waals surface area contributed by atoms with Crippen molar-refractivity contribution in [1.82, 2.24) is 10.2 Å². The Morgan fingerprint density at radius 1 is 1.33 bits per heavy atom. The first-order valence-corrected chi connectivity index (χ1v) is 6.66. The molecule has 0 unspecified atom stereocenters. The number of hydrogen-bond acceptors (Lipinski definition) is 3. The second-order valence-corrected chi connectivity index (χ2v) is 5.14. The van der Waals surface area contributed by atoms with Crippen molar-refractivity contribution in [1.29, 1.82) is 5.26 Å². The van der Waals surface area contributed by atoms with Gasteiger partial charge in [0, 0.05) is 13.1 Å². The number of hydrogen-bond donors (Lipinski definition) is 2. The van der Waals surface area contributed by atoms with Gasteiger partial charge in [0.15, 0.2) is 0 Å². The first kappa shape index (κ1) is 16.5. The van der Waals surface area contributed by atoms with E-state index >= 15 is 0 Å². The van der Waals surface area contributed by atoms with Gasteiger partial charge >= 0.3 is 12.0 Å². The first-order valence-electron chi connectivity index (χ1n) is 6.66. The number of benzene rings is 1. The van der Waals surface area contributed by atoms with Crippen LogP contribution in [0.5, 0.6) is 0 Å².